The number of aliphatic imine (C=N–C) groups is 1. The molecule has 4 rings (SSSR count). The molecule has 0 aliphatic carbocycles. The Morgan fingerprint density at radius 3 is 2.41 bits per heavy atom. The van der Waals surface area contributed by atoms with E-state index in [0.717, 1.165) is 37.7 Å². The van der Waals surface area contributed by atoms with E-state index >= 15 is 0 Å². The average molecular weight is 332 g/mol. The lowest BCUT2D eigenvalue weighted by Crippen LogP contribution is -2.46. The third-order valence-corrected chi connectivity index (χ3v) is 5.00. The molecule has 0 saturated carbocycles. The van der Waals surface area contributed by atoms with Crippen molar-refractivity contribution in [2.75, 3.05) is 26.2 Å². The van der Waals surface area contributed by atoms with Crippen LogP contribution < -0.4 is 5.32 Å². The van der Waals surface area contributed by atoms with Gasteiger partial charge in [0.25, 0.3) is 0 Å². The smallest absolute Gasteiger partial charge is 0.137 e. The highest BCUT2D eigenvalue weighted by Gasteiger charge is 2.22. The van der Waals surface area contributed by atoms with Crippen LogP contribution in [0.2, 0.25) is 0 Å². The van der Waals surface area contributed by atoms with Gasteiger partial charge < -0.3 is 10.2 Å². The van der Waals surface area contributed by atoms with Crippen LogP contribution in [0.3, 0.4) is 0 Å². The monoisotopic (exact) mass is 331 g/mol. The molecule has 0 aromatic heterocycles. The first-order valence-corrected chi connectivity index (χ1v) is 8.14. The van der Waals surface area contributed by atoms with Crippen molar-refractivity contribution in [2.45, 2.75) is 9.79 Å². The SMILES string of the molecule is Cl.c1ccc2c(c1)N=C(N1CCNCC1)c1ccccc1S2. The van der Waals surface area contributed by atoms with Crippen molar-refractivity contribution in [3.63, 3.8) is 0 Å². The third kappa shape index (κ3) is 2.86. The van der Waals surface area contributed by atoms with Gasteiger partial charge in [0.2, 0.25) is 0 Å². The fraction of sp³-hybridized carbons (Fsp3) is 0.235. The molecule has 114 valence electrons. The van der Waals surface area contributed by atoms with Gasteiger partial charge >= 0.3 is 0 Å². The molecule has 0 atom stereocenters. The standard InChI is InChI=1S/C17H17N3S.ClH/c1-3-7-15-13(5-1)17(20-11-9-18-10-12-20)19-14-6-2-4-8-16(14)21-15;/h1-8,18H,9-12H2;1H. The van der Waals surface area contributed by atoms with Gasteiger partial charge in [0.05, 0.1) is 5.69 Å². The van der Waals surface area contributed by atoms with E-state index in [9.17, 15) is 0 Å². The van der Waals surface area contributed by atoms with Crippen LogP contribution in [0, 0.1) is 0 Å². The number of hydrogen-bond acceptors (Lipinski definition) is 4. The summed E-state index contributed by atoms with van der Waals surface area (Å²) in [6.45, 7) is 4.08. The summed E-state index contributed by atoms with van der Waals surface area (Å²) in [6, 6.07) is 17.0. The van der Waals surface area contributed by atoms with Gasteiger partial charge in [0, 0.05) is 41.5 Å². The second kappa shape index (κ2) is 6.73. The van der Waals surface area contributed by atoms with Gasteiger partial charge in [-0.15, -0.1) is 12.4 Å². The quantitative estimate of drug-likeness (QED) is 0.800. The molecule has 2 aliphatic rings. The van der Waals surface area contributed by atoms with Crippen LogP contribution in [0.4, 0.5) is 5.69 Å². The number of benzene rings is 2. The molecule has 0 amide bonds. The van der Waals surface area contributed by atoms with E-state index in [1.807, 2.05) is 11.8 Å². The number of hydrogen-bond donors (Lipinski definition) is 1. The van der Waals surface area contributed by atoms with Crippen molar-refractivity contribution in [3.8, 4) is 0 Å². The Hall–Kier alpha value is -1.49. The van der Waals surface area contributed by atoms with Gasteiger partial charge in [-0.25, -0.2) is 4.99 Å². The summed E-state index contributed by atoms with van der Waals surface area (Å²) >= 11 is 1.81. The van der Waals surface area contributed by atoms with Crippen molar-refractivity contribution in [2.24, 2.45) is 4.99 Å². The summed E-state index contributed by atoms with van der Waals surface area (Å²) in [5, 5.41) is 3.41. The van der Waals surface area contributed by atoms with E-state index in [4.69, 9.17) is 4.99 Å². The zero-order valence-electron chi connectivity index (χ0n) is 12.2. The van der Waals surface area contributed by atoms with Crippen LogP contribution >= 0.6 is 24.2 Å². The fourth-order valence-electron chi connectivity index (χ4n) is 2.79. The summed E-state index contributed by atoms with van der Waals surface area (Å²) < 4.78 is 0. The molecule has 0 bridgehead atoms. The summed E-state index contributed by atoms with van der Waals surface area (Å²) in [5.41, 5.74) is 2.33. The highest BCUT2D eigenvalue weighted by Crippen LogP contribution is 2.40. The molecule has 2 aliphatic heterocycles. The van der Waals surface area contributed by atoms with E-state index in [1.165, 1.54) is 15.4 Å². The number of rotatable bonds is 0. The van der Waals surface area contributed by atoms with Gasteiger partial charge in [-0.05, 0) is 18.2 Å². The van der Waals surface area contributed by atoms with Gasteiger partial charge in [-0.3, -0.25) is 0 Å². The summed E-state index contributed by atoms with van der Waals surface area (Å²) in [7, 11) is 0. The zero-order valence-corrected chi connectivity index (χ0v) is 13.8. The molecule has 1 fully saturated rings. The molecule has 0 unspecified atom stereocenters. The Bertz CT molecular complexity index is 696. The largest absolute Gasteiger partial charge is 0.354 e. The molecular weight excluding hydrogens is 314 g/mol. The normalized spacial score (nSPS) is 16.7. The molecule has 2 aromatic carbocycles. The molecular formula is C17H18ClN3S. The van der Waals surface area contributed by atoms with Crippen LogP contribution in [-0.2, 0) is 0 Å². The zero-order chi connectivity index (χ0) is 14.1. The van der Waals surface area contributed by atoms with Crippen LogP contribution in [0.25, 0.3) is 0 Å². The Labute approximate surface area is 141 Å². The Kier molecular flexibility index (Phi) is 4.71. The molecule has 3 nitrogen and oxygen atoms in total. The van der Waals surface area contributed by atoms with Crippen molar-refractivity contribution in [3.05, 3.63) is 54.1 Å². The molecule has 2 heterocycles. The number of para-hydroxylation sites is 1. The lowest BCUT2D eigenvalue weighted by atomic mass is 10.1. The first kappa shape index (κ1) is 15.4. The number of amidine groups is 1. The van der Waals surface area contributed by atoms with E-state index in [0.29, 0.717) is 0 Å². The van der Waals surface area contributed by atoms with Crippen molar-refractivity contribution < 1.29 is 0 Å². The summed E-state index contributed by atoms with van der Waals surface area (Å²) in [6.07, 6.45) is 0. The predicted octanol–water partition coefficient (Wildman–Crippen LogP) is 3.56. The first-order chi connectivity index (χ1) is 10.4. The van der Waals surface area contributed by atoms with Gasteiger partial charge in [0.15, 0.2) is 0 Å². The number of nitrogens with zero attached hydrogens (tertiary/aromatic N) is 2. The highest BCUT2D eigenvalue weighted by atomic mass is 35.5. The minimum absolute atomic E-state index is 0. The number of halogens is 1. The second-order valence-corrected chi connectivity index (χ2v) is 6.32. The topological polar surface area (TPSA) is 27.6 Å². The maximum Gasteiger partial charge on any atom is 0.137 e. The molecule has 0 radical (unpaired) electrons. The van der Waals surface area contributed by atoms with E-state index in [-0.39, 0.29) is 12.4 Å². The lowest BCUT2D eigenvalue weighted by Gasteiger charge is -2.30. The van der Waals surface area contributed by atoms with Crippen LogP contribution in [-0.4, -0.2) is 36.9 Å². The summed E-state index contributed by atoms with van der Waals surface area (Å²) in [4.78, 5) is 9.92. The number of fused-ring (bicyclic) bond motifs is 2. The Morgan fingerprint density at radius 2 is 1.59 bits per heavy atom. The van der Waals surface area contributed by atoms with E-state index < -0.39 is 0 Å². The Morgan fingerprint density at radius 1 is 0.909 bits per heavy atom. The molecule has 0 spiro atoms. The molecule has 1 saturated heterocycles. The van der Waals surface area contributed by atoms with Gasteiger partial charge in [0.1, 0.15) is 5.84 Å². The molecule has 1 N–H and O–H groups in total. The highest BCUT2D eigenvalue weighted by molar-refractivity contribution is 7.99. The first-order valence-electron chi connectivity index (χ1n) is 7.32. The van der Waals surface area contributed by atoms with E-state index in [2.05, 4.69) is 58.7 Å². The maximum atomic E-state index is 5.00. The minimum Gasteiger partial charge on any atom is -0.354 e. The maximum absolute atomic E-state index is 5.00. The van der Waals surface area contributed by atoms with Gasteiger partial charge in [-0.2, -0.15) is 0 Å². The molecule has 22 heavy (non-hydrogen) atoms. The van der Waals surface area contributed by atoms with Crippen molar-refractivity contribution in [1.29, 1.82) is 0 Å². The lowest BCUT2D eigenvalue weighted by molar-refractivity contribution is 0.358. The minimum atomic E-state index is 0. The Balaban J connectivity index is 0.00000144. The predicted molar refractivity (Wildman–Crippen MR) is 94.9 cm³/mol. The summed E-state index contributed by atoms with van der Waals surface area (Å²) in [5.74, 6) is 1.12. The van der Waals surface area contributed by atoms with Crippen molar-refractivity contribution >= 4 is 35.7 Å². The van der Waals surface area contributed by atoms with Crippen LogP contribution in [0.1, 0.15) is 5.56 Å². The van der Waals surface area contributed by atoms with Crippen LogP contribution in [0.5, 0.6) is 0 Å². The molecule has 5 heteroatoms. The van der Waals surface area contributed by atoms with E-state index in [1.54, 1.807) is 0 Å². The third-order valence-electron chi connectivity index (χ3n) is 3.86. The number of piperazine rings is 1. The van der Waals surface area contributed by atoms with Crippen molar-refractivity contribution in [1.82, 2.24) is 10.2 Å². The number of nitrogens with one attached hydrogen (secondary N) is 1. The van der Waals surface area contributed by atoms with Crippen LogP contribution in [0.15, 0.2) is 63.3 Å². The fourth-order valence-corrected chi connectivity index (χ4v) is 3.80. The average Bonchev–Trinajstić information content (AvgIpc) is 2.72. The molecule has 2 aromatic rings. The second-order valence-electron chi connectivity index (χ2n) is 5.24. The van der Waals surface area contributed by atoms with Gasteiger partial charge in [-0.1, -0.05) is 42.1 Å².